The largest absolute Gasteiger partial charge is 0.388 e. The Kier molecular flexibility index (Phi) is 3.53. The maximum absolute atomic E-state index is 12.5. The van der Waals surface area contributed by atoms with E-state index < -0.39 is 11.1 Å². The molecule has 6 nitrogen and oxygen atoms in total. The molecule has 2 heterocycles. The zero-order valence-corrected chi connectivity index (χ0v) is 13.4. The van der Waals surface area contributed by atoms with Gasteiger partial charge in [0.1, 0.15) is 5.56 Å². The normalized spacial score (nSPS) is 12.7. The zero-order chi connectivity index (χ0) is 16.0. The first-order chi connectivity index (χ1) is 9.53. The van der Waals surface area contributed by atoms with Gasteiger partial charge < -0.3 is 10.4 Å². The van der Waals surface area contributed by atoms with Crippen LogP contribution in [0.3, 0.4) is 0 Å². The Labute approximate surface area is 124 Å². The molecule has 0 aromatic carbocycles. The Balaban J connectivity index is 2.42. The highest BCUT2D eigenvalue weighted by molar-refractivity contribution is 6.00. The number of amides is 1. The zero-order valence-electron chi connectivity index (χ0n) is 13.4. The second kappa shape index (κ2) is 4.80. The number of rotatable bonds is 3. The van der Waals surface area contributed by atoms with Gasteiger partial charge in [-0.15, -0.1) is 0 Å². The van der Waals surface area contributed by atoms with E-state index in [-0.39, 0.29) is 5.91 Å². The molecule has 0 aliphatic rings. The van der Waals surface area contributed by atoms with Gasteiger partial charge in [0, 0.05) is 11.4 Å². The van der Waals surface area contributed by atoms with Gasteiger partial charge in [-0.1, -0.05) is 0 Å². The highest BCUT2D eigenvalue weighted by Gasteiger charge is 2.37. The summed E-state index contributed by atoms with van der Waals surface area (Å²) in [5.74, 6) is -0.297. The highest BCUT2D eigenvalue weighted by atomic mass is 16.3. The summed E-state index contributed by atoms with van der Waals surface area (Å²) in [4.78, 5) is 16.9. The van der Waals surface area contributed by atoms with Crippen LogP contribution in [-0.4, -0.2) is 36.8 Å². The SMILES string of the molecule is Cc1cc(C)n2ncc(C(=O)NC(C)(C)C(C)(C)O)c2n1. The van der Waals surface area contributed by atoms with Crippen LogP contribution >= 0.6 is 0 Å². The molecule has 2 N–H and O–H groups in total. The van der Waals surface area contributed by atoms with Crippen LogP contribution in [0, 0.1) is 13.8 Å². The molecule has 6 heteroatoms. The smallest absolute Gasteiger partial charge is 0.257 e. The van der Waals surface area contributed by atoms with Crippen molar-refractivity contribution < 1.29 is 9.90 Å². The van der Waals surface area contributed by atoms with Gasteiger partial charge in [-0.2, -0.15) is 5.10 Å². The Morgan fingerprint density at radius 3 is 2.48 bits per heavy atom. The van der Waals surface area contributed by atoms with Crippen molar-refractivity contribution in [1.29, 1.82) is 0 Å². The Morgan fingerprint density at radius 1 is 1.29 bits per heavy atom. The van der Waals surface area contributed by atoms with Gasteiger partial charge in [-0.3, -0.25) is 4.79 Å². The van der Waals surface area contributed by atoms with Crippen LogP contribution in [-0.2, 0) is 0 Å². The minimum atomic E-state index is -1.05. The van der Waals surface area contributed by atoms with Crippen molar-refractivity contribution in [2.24, 2.45) is 0 Å². The maximum Gasteiger partial charge on any atom is 0.257 e. The van der Waals surface area contributed by atoms with Crippen LogP contribution in [0.25, 0.3) is 5.65 Å². The molecule has 0 atom stereocenters. The predicted octanol–water partition coefficient (Wildman–Crippen LogP) is 1.63. The summed E-state index contributed by atoms with van der Waals surface area (Å²) in [5, 5.41) is 17.2. The van der Waals surface area contributed by atoms with E-state index in [0.717, 1.165) is 11.4 Å². The number of carbonyl (C=O) groups is 1. The topological polar surface area (TPSA) is 79.5 Å². The molecular weight excluding hydrogens is 268 g/mol. The van der Waals surface area contributed by atoms with Gasteiger partial charge >= 0.3 is 0 Å². The van der Waals surface area contributed by atoms with E-state index in [1.807, 2.05) is 19.9 Å². The van der Waals surface area contributed by atoms with E-state index in [0.29, 0.717) is 11.2 Å². The number of aromatic nitrogens is 3. The van der Waals surface area contributed by atoms with Gasteiger partial charge in [-0.25, -0.2) is 9.50 Å². The molecule has 0 unspecified atom stereocenters. The molecule has 2 aromatic heterocycles. The first-order valence-corrected chi connectivity index (χ1v) is 6.90. The Hall–Kier alpha value is -1.95. The van der Waals surface area contributed by atoms with Crippen molar-refractivity contribution in [2.75, 3.05) is 0 Å². The number of fused-ring (bicyclic) bond motifs is 1. The molecule has 0 radical (unpaired) electrons. The van der Waals surface area contributed by atoms with Crippen molar-refractivity contribution in [3.8, 4) is 0 Å². The van der Waals surface area contributed by atoms with Gasteiger partial charge in [0.15, 0.2) is 5.65 Å². The number of aliphatic hydroxyl groups is 1. The summed E-state index contributed by atoms with van der Waals surface area (Å²) in [7, 11) is 0. The molecule has 2 aromatic rings. The predicted molar refractivity (Wildman–Crippen MR) is 80.3 cm³/mol. The Bertz CT molecular complexity index is 695. The number of aryl methyl sites for hydroxylation is 2. The van der Waals surface area contributed by atoms with Gasteiger partial charge in [-0.05, 0) is 47.6 Å². The molecular formula is C15H22N4O2. The minimum Gasteiger partial charge on any atom is -0.388 e. The summed E-state index contributed by atoms with van der Waals surface area (Å²) in [6.45, 7) is 10.7. The van der Waals surface area contributed by atoms with E-state index in [9.17, 15) is 9.90 Å². The molecule has 0 spiro atoms. The summed E-state index contributed by atoms with van der Waals surface area (Å²) in [6.07, 6.45) is 1.50. The first-order valence-electron chi connectivity index (χ1n) is 6.90. The fourth-order valence-corrected chi connectivity index (χ4v) is 1.93. The third-order valence-electron chi connectivity index (χ3n) is 3.98. The lowest BCUT2D eigenvalue weighted by atomic mass is 9.86. The van der Waals surface area contributed by atoms with Crippen molar-refractivity contribution in [3.63, 3.8) is 0 Å². The van der Waals surface area contributed by atoms with Crippen molar-refractivity contribution in [1.82, 2.24) is 19.9 Å². The molecule has 21 heavy (non-hydrogen) atoms. The van der Waals surface area contributed by atoms with Gasteiger partial charge in [0.25, 0.3) is 5.91 Å². The fraction of sp³-hybridized carbons (Fsp3) is 0.533. The minimum absolute atomic E-state index is 0.297. The van der Waals surface area contributed by atoms with Crippen LogP contribution in [0.4, 0.5) is 0 Å². The lowest BCUT2D eigenvalue weighted by Gasteiger charge is -2.37. The van der Waals surface area contributed by atoms with Crippen molar-refractivity contribution in [2.45, 2.75) is 52.7 Å². The monoisotopic (exact) mass is 290 g/mol. The lowest BCUT2D eigenvalue weighted by Crippen LogP contribution is -2.57. The lowest BCUT2D eigenvalue weighted by molar-refractivity contribution is -0.00290. The van der Waals surface area contributed by atoms with E-state index in [1.165, 1.54) is 6.20 Å². The summed E-state index contributed by atoms with van der Waals surface area (Å²) in [6, 6.07) is 1.91. The molecule has 2 rings (SSSR count). The molecule has 0 aliphatic heterocycles. The van der Waals surface area contributed by atoms with E-state index >= 15 is 0 Å². The van der Waals surface area contributed by atoms with Crippen molar-refractivity contribution in [3.05, 3.63) is 29.2 Å². The quantitative estimate of drug-likeness (QED) is 0.900. The van der Waals surface area contributed by atoms with Crippen LogP contribution in [0.5, 0.6) is 0 Å². The average molecular weight is 290 g/mol. The second-order valence-electron chi connectivity index (χ2n) is 6.47. The van der Waals surface area contributed by atoms with E-state index in [4.69, 9.17) is 0 Å². The highest BCUT2D eigenvalue weighted by Crippen LogP contribution is 2.22. The van der Waals surface area contributed by atoms with Gasteiger partial charge in [0.05, 0.1) is 17.3 Å². The third-order valence-corrected chi connectivity index (χ3v) is 3.98. The maximum atomic E-state index is 12.5. The number of hydrogen-bond acceptors (Lipinski definition) is 4. The fourth-order valence-electron chi connectivity index (χ4n) is 1.93. The molecule has 0 saturated carbocycles. The molecule has 1 amide bonds. The second-order valence-corrected chi connectivity index (χ2v) is 6.47. The number of nitrogens with one attached hydrogen (secondary N) is 1. The molecule has 0 bridgehead atoms. The van der Waals surface area contributed by atoms with Crippen molar-refractivity contribution >= 4 is 11.6 Å². The van der Waals surface area contributed by atoms with E-state index in [1.54, 1.807) is 32.2 Å². The molecule has 0 fully saturated rings. The average Bonchev–Trinajstić information content (AvgIpc) is 2.70. The number of carbonyl (C=O) groups excluding carboxylic acids is 1. The van der Waals surface area contributed by atoms with Gasteiger partial charge in [0.2, 0.25) is 0 Å². The van der Waals surface area contributed by atoms with Crippen LogP contribution < -0.4 is 5.32 Å². The number of nitrogens with zero attached hydrogens (tertiary/aromatic N) is 3. The third kappa shape index (κ3) is 2.76. The molecule has 114 valence electrons. The van der Waals surface area contributed by atoms with Crippen LogP contribution in [0.1, 0.15) is 49.4 Å². The molecule has 0 aliphatic carbocycles. The summed E-state index contributed by atoms with van der Waals surface area (Å²) < 4.78 is 1.64. The summed E-state index contributed by atoms with van der Waals surface area (Å²) in [5.41, 5.74) is 0.840. The summed E-state index contributed by atoms with van der Waals surface area (Å²) >= 11 is 0. The first kappa shape index (κ1) is 15.4. The van der Waals surface area contributed by atoms with E-state index in [2.05, 4.69) is 15.4 Å². The standard InChI is InChI=1S/C15H22N4O2/c1-9-7-10(2)19-12(17-9)11(8-16-19)13(20)18-14(3,4)15(5,6)21/h7-8,21H,1-6H3,(H,18,20). The van der Waals surface area contributed by atoms with Crippen LogP contribution in [0.15, 0.2) is 12.3 Å². The molecule has 0 saturated heterocycles. The Morgan fingerprint density at radius 2 is 1.90 bits per heavy atom. The van der Waals surface area contributed by atoms with Crippen LogP contribution in [0.2, 0.25) is 0 Å². The number of hydrogen-bond donors (Lipinski definition) is 2.